The minimum atomic E-state index is -0.178. The summed E-state index contributed by atoms with van der Waals surface area (Å²) in [4.78, 5) is 11.8. The fourth-order valence-corrected chi connectivity index (χ4v) is 2.91. The molecule has 2 rings (SSSR count). The van der Waals surface area contributed by atoms with Gasteiger partial charge in [-0.15, -0.1) is 11.3 Å². The van der Waals surface area contributed by atoms with Gasteiger partial charge in [-0.3, -0.25) is 4.79 Å². The molecule has 1 aliphatic rings. The van der Waals surface area contributed by atoms with Crippen LogP contribution in [0.2, 0.25) is 0 Å². The van der Waals surface area contributed by atoms with Crippen molar-refractivity contribution >= 4 is 33.2 Å². The minimum absolute atomic E-state index is 0.0290. The van der Waals surface area contributed by atoms with Crippen molar-refractivity contribution in [3.05, 3.63) is 20.8 Å². The largest absolute Gasteiger partial charge is 0.373 e. The van der Waals surface area contributed by atoms with Crippen molar-refractivity contribution < 1.29 is 9.53 Å². The van der Waals surface area contributed by atoms with Gasteiger partial charge in [0.1, 0.15) is 0 Å². The van der Waals surface area contributed by atoms with Gasteiger partial charge in [-0.2, -0.15) is 0 Å². The fourth-order valence-electron chi connectivity index (χ4n) is 1.77. The standard InChI is InChI=1S/C11H14BrNO2S/c1-11(3-2-4-15-11)7-13-10(14)8-5-9(12)16-6-8/h5-6H,2-4,7H2,1H3,(H,13,14). The number of rotatable bonds is 3. The van der Waals surface area contributed by atoms with E-state index < -0.39 is 0 Å². The molecular weight excluding hydrogens is 290 g/mol. The molecule has 1 aliphatic heterocycles. The summed E-state index contributed by atoms with van der Waals surface area (Å²) in [6, 6.07) is 1.83. The molecule has 1 N–H and O–H groups in total. The van der Waals surface area contributed by atoms with Crippen LogP contribution in [0, 0.1) is 0 Å². The molecule has 1 saturated heterocycles. The predicted molar refractivity (Wildman–Crippen MR) is 67.9 cm³/mol. The number of hydrogen-bond donors (Lipinski definition) is 1. The van der Waals surface area contributed by atoms with Crippen molar-refractivity contribution in [1.82, 2.24) is 5.32 Å². The molecule has 1 fully saturated rings. The summed E-state index contributed by atoms with van der Waals surface area (Å²) in [6.07, 6.45) is 2.09. The molecule has 1 atom stereocenters. The number of halogens is 1. The van der Waals surface area contributed by atoms with Gasteiger partial charge in [-0.25, -0.2) is 0 Å². The van der Waals surface area contributed by atoms with E-state index in [1.165, 1.54) is 11.3 Å². The summed E-state index contributed by atoms with van der Waals surface area (Å²) in [7, 11) is 0. The van der Waals surface area contributed by atoms with E-state index in [4.69, 9.17) is 4.74 Å². The van der Waals surface area contributed by atoms with Gasteiger partial charge in [0, 0.05) is 18.5 Å². The summed E-state index contributed by atoms with van der Waals surface area (Å²) in [6.45, 7) is 3.43. The Morgan fingerprint density at radius 3 is 3.12 bits per heavy atom. The number of carbonyl (C=O) groups is 1. The van der Waals surface area contributed by atoms with E-state index in [-0.39, 0.29) is 11.5 Å². The van der Waals surface area contributed by atoms with Crippen LogP contribution in [-0.2, 0) is 4.74 Å². The first-order valence-corrected chi connectivity index (χ1v) is 6.93. The Balaban J connectivity index is 1.88. The summed E-state index contributed by atoms with van der Waals surface area (Å²) >= 11 is 4.86. The lowest BCUT2D eigenvalue weighted by molar-refractivity contribution is 0.0206. The summed E-state index contributed by atoms with van der Waals surface area (Å²) in [5, 5.41) is 4.76. The minimum Gasteiger partial charge on any atom is -0.373 e. The van der Waals surface area contributed by atoms with E-state index in [9.17, 15) is 4.79 Å². The van der Waals surface area contributed by atoms with Gasteiger partial charge in [0.2, 0.25) is 0 Å². The van der Waals surface area contributed by atoms with Crippen LogP contribution in [0.25, 0.3) is 0 Å². The average Bonchev–Trinajstić information content (AvgIpc) is 2.85. The highest BCUT2D eigenvalue weighted by Crippen LogP contribution is 2.24. The lowest BCUT2D eigenvalue weighted by atomic mass is 10.0. The lowest BCUT2D eigenvalue weighted by Gasteiger charge is -2.23. The van der Waals surface area contributed by atoms with Crippen molar-refractivity contribution in [3.63, 3.8) is 0 Å². The van der Waals surface area contributed by atoms with Gasteiger partial charge < -0.3 is 10.1 Å². The monoisotopic (exact) mass is 303 g/mol. The molecule has 1 unspecified atom stereocenters. The van der Waals surface area contributed by atoms with Crippen LogP contribution < -0.4 is 5.32 Å². The van der Waals surface area contributed by atoms with Crippen LogP contribution in [-0.4, -0.2) is 24.7 Å². The maximum absolute atomic E-state index is 11.8. The van der Waals surface area contributed by atoms with E-state index in [0.717, 1.165) is 23.2 Å². The van der Waals surface area contributed by atoms with Crippen LogP contribution in [0.5, 0.6) is 0 Å². The van der Waals surface area contributed by atoms with Gasteiger partial charge in [0.25, 0.3) is 5.91 Å². The molecule has 0 radical (unpaired) electrons. The zero-order chi connectivity index (χ0) is 11.6. The first-order valence-electron chi connectivity index (χ1n) is 5.25. The van der Waals surface area contributed by atoms with Gasteiger partial charge >= 0.3 is 0 Å². The molecule has 0 aliphatic carbocycles. The molecule has 1 aromatic rings. The van der Waals surface area contributed by atoms with E-state index in [2.05, 4.69) is 21.2 Å². The molecule has 0 bridgehead atoms. The molecule has 5 heteroatoms. The van der Waals surface area contributed by atoms with E-state index in [1.807, 2.05) is 18.4 Å². The first-order chi connectivity index (χ1) is 7.59. The molecule has 1 amide bonds. The maximum atomic E-state index is 11.8. The maximum Gasteiger partial charge on any atom is 0.252 e. The van der Waals surface area contributed by atoms with Crippen LogP contribution in [0.3, 0.4) is 0 Å². The summed E-state index contributed by atoms with van der Waals surface area (Å²) in [5.41, 5.74) is 0.529. The Bertz CT molecular complexity index is 385. The van der Waals surface area contributed by atoms with Crippen molar-refractivity contribution in [2.24, 2.45) is 0 Å². The average molecular weight is 304 g/mol. The molecule has 0 saturated carbocycles. The van der Waals surface area contributed by atoms with Crippen LogP contribution in [0.4, 0.5) is 0 Å². The third kappa shape index (κ3) is 2.84. The van der Waals surface area contributed by atoms with Crippen LogP contribution in [0.1, 0.15) is 30.1 Å². The first kappa shape index (κ1) is 12.1. The zero-order valence-corrected chi connectivity index (χ0v) is 11.5. The Morgan fingerprint density at radius 1 is 1.75 bits per heavy atom. The molecule has 0 spiro atoms. The number of ether oxygens (including phenoxy) is 1. The molecule has 3 nitrogen and oxygen atoms in total. The van der Waals surface area contributed by atoms with Gasteiger partial charge in [-0.05, 0) is 41.8 Å². The highest BCUT2D eigenvalue weighted by Gasteiger charge is 2.30. The van der Waals surface area contributed by atoms with Crippen molar-refractivity contribution in [2.75, 3.05) is 13.2 Å². The van der Waals surface area contributed by atoms with E-state index in [0.29, 0.717) is 12.1 Å². The van der Waals surface area contributed by atoms with Gasteiger partial charge in [0.15, 0.2) is 0 Å². The topological polar surface area (TPSA) is 38.3 Å². The summed E-state index contributed by atoms with van der Waals surface area (Å²) in [5.74, 6) is -0.0290. The normalized spacial score (nSPS) is 24.6. The number of hydrogen-bond acceptors (Lipinski definition) is 3. The number of carbonyl (C=O) groups excluding carboxylic acids is 1. The molecule has 1 aromatic heterocycles. The van der Waals surface area contributed by atoms with Crippen molar-refractivity contribution in [2.45, 2.75) is 25.4 Å². The third-order valence-electron chi connectivity index (χ3n) is 2.75. The second-order valence-electron chi connectivity index (χ2n) is 4.22. The Labute approximate surface area is 107 Å². The van der Waals surface area contributed by atoms with Crippen molar-refractivity contribution in [1.29, 1.82) is 0 Å². The lowest BCUT2D eigenvalue weighted by Crippen LogP contribution is -2.39. The van der Waals surface area contributed by atoms with Gasteiger partial charge in [-0.1, -0.05) is 0 Å². The quantitative estimate of drug-likeness (QED) is 0.932. The molecule has 88 valence electrons. The fraction of sp³-hybridized carbons (Fsp3) is 0.545. The van der Waals surface area contributed by atoms with Crippen LogP contribution in [0.15, 0.2) is 15.2 Å². The molecule has 16 heavy (non-hydrogen) atoms. The Kier molecular flexibility index (Phi) is 3.66. The van der Waals surface area contributed by atoms with E-state index in [1.54, 1.807) is 0 Å². The second kappa shape index (κ2) is 4.85. The number of amides is 1. The highest BCUT2D eigenvalue weighted by molar-refractivity contribution is 9.11. The van der Waals surface area contributed by atoms with Crippen molar-refractivity contribution in [3.8, 4) is 0 Å². The van der Waals surface area contributed by atoms with Gasteiger partial charge in [0.05, 0.1) is 15.0 Å². The Morgan fingerprint density at radius 2 is 2.56 bits per heavy atom. The molecule has 0 aromatic carbocycles. The molecular formula is C11H14BrNO2S. The second-order valence-corrected chi connectivity index (χ2v) is 6.51. The molecule has 2 heterocycles. The number of nitrogens with one attached hydrogen (secondary N) is 1. The number of thiophene rings is 1. The Hall–Kier alpha value is -0.390. The smallest absolute Gasteiger partial charge is 0.252 e. The summed E-state index contributed by atoms with van der Waals surface area (Å²) < 4.78 is 6.58. The predicted octanol–water partition coefficient (Wildman–Crippen LogP) is 2.81. The van der Waals surface area contributed by atoms with Crippen LogP contribution >= 0.6 is 27.3 Å². The third-order valence-corrected chi connectivity index (χ3v) is 4.26. The highest BCUT2D eigenvalue weighted by atomic mass is 79.9. The SMILES string of the molecule is CC1(CNC(=O)c2csc(Br)c2)CCCO1. The zero-order valence-electron chi connectivity index (χ0n) is 9.09. The van der Waals surface area contributed by atoms with E-state index >= 15 is 0 Å².